The molecule has 0 rings (SSSR count). The van der Waals surface area contributed by atoms with E-state index in [2.05, 4.69) is 19.2 Å². The van der Waals surface area contributed by atoms with Gasteiger partial charge in [-0.05, 0) is 19.3 Å². The molecular formula is C10H21NO2. The van der Waals surface area contributed by atoms with E-state index in [1.807, 2.05) is 0 Å². The first-order valence-corrected chi connectivity index (χ1v) is 5.07. The summed E-state index contributed by atoms with van der Waals surface area (Å²) in [7, 11) is 0. The predicted octanol–water partition coefficient (Wildman–Crippen LogP) is 2.56. The summed E-state index contributed by atoms with van der Waals surface area (Å²) in [5.41, 5.74) is 0. The minimum atomic E-state index is -0.299. The number of ether oxygens (including phenoxy) is 1. The van der Waals surface area contributed by atoms with Crippen LogP contribution in [0.3, 0.4) is 0 Å². The number of rotatable bonds is 6. The smallest absolute Gasteiger partial charge is 0.407 e. The molecular weight excluding hydrogens is 166 g/mol. The van der Waals surface area contributed by atoms with Crippen LogP contribution in [0.15, 0.2) is 0 Å². The summed E-state index contributed by atoms with van der Waals surface area (Å²) < 4.78 is 4.72. The Bertz CT molecular complexity index is 135. The van der Waals surface area contributed by atoms with Gasteiger partial charge in [-0.3, -0.25) is 0 Å². The second-order valence-electron chi connectivity index (χ2n) is 3.54. The maximum Gasteiger partial charge on any atom is 0.407 e. The summed E-state index contributed by atoms with van der Waals surface area (Å²) >= 11 is 0. The number of hydrogen-bond donors (Lipinski definition) is 1. The number of nitrogens with one attached hydrogen (secondary N) is 1. The highest BCUT2D eigenvalue weighted by Gasteiger charge is 1.98. The highest BCUT2D eigenvalue weighted by molar-refractivity contribution is 5.66. The van der Waals surface area contributed by atoms with Gasteiger partial charge in [-0.15, -0.1) is 0 Å². The molecule has 1 amide bonds. The molecule has 0 aromatic carbocycles. The largest absolute Gasteiger partial charge is 0.450 e. The zero-order valence-corrected chi connectivity index (χ0v) is 8.93. The van der Waals surface area contributed by atoms with Crippen molar-refractivity contribution in [2.24, 2.45) is 5.92 Å². The molecule has 3 heteroatoms. The quantitative estimate of drug-likeness (QED) is 0.649. The number of carbonyl (C=O) groups excluding carboxylic acids is 1. The molecule has 78 valence electrons. The molecule has 0 saturated heterocycles. The van der Waals surface area contributed by atoms with Crippen molar-refractivity contribution in [2.75, 3.05) is 13.2 Å². The first-order valence-electron chi connectivity index (χ1n) is 5.07. The van der Waals surface area contributed by atoms with Crippen LogP contribution in [-0.4, -0.2) is 19.2 Å². The van der Waals surface area contributed by atoms with Crippen LogP contribution in [0, 0.1) is 5.92 Å². The van der Waals surface area contributed by atoms with Crippen LogP contribution in [0.4, 0.5) is 4.79 Å². The van der Waals surface area contributed by atoms with Crippen molar-refractivity contribution in [2.45, 2.75) is 40.0 Å². The van der Waals surface area contributed by atoms with Crippen LogP contribution in [0.5, 0.6) is 0 Å². The second-order valence-corrected chi connectivity index (χ2v) is 3.54. The topological polar surface area (TPSA) is 38.3 Å². The molecule has 0 heterocycles. The number of carbonyl (C=O) groups is 1. The van der Waals surface area contributed by atoms with E-state index in [4.69, 9.17) is 4.74 Å². The van der Waals surface area contributed by atoms with Gasteiger partial charge in [-0.25, -0.2) is 4.79 Å². The summed E-state index contributed by atoms with van der Waals surface area (Å²) in [4.78, 5) is 10.8. The fraction of sp³-hybridized carbons (Fsp3) is 0.900. The third-order valence-electron chi connectivity index (χ3n) is 1.75. The van der Waals surface area contributed by atoms with Crippen LogP contribution in [0.25, 0.3) is 0 Å². The summed E-state index contributed by atoms with van der Waals surface area (Å²) in [5, 5.41) is 2.70. The lowest BCUT2D eigenvalue weighted by atomic mass is 10.1. The minimum Gasteiger partial charge on any atom is -0.450 e. The second kappa shape index (κ2) is 7.90. The van der Waals surface area contributed by atoms with Gasteiger partial charge in [0.15, 0.2) is 0 Å². The normalized spacial score (nSPS) is 10.2. The Balaban J connectivity index is 3.11. The van der Waals surface area contributed by atoms with Gasteiger partial charge in [0.1, 0.15) is 0 Å². The van der Waals surface area contributed by atoms with E-state index in [1.54, 1.807) is 6.92 Å². The molecule has 0 aliphatic rings. The van der Waals surface area contributed by atoms with Crippen LogP contribution in [0.2, 0.25) is 0 Å². The van der Waals surface area contributed by atoms with E-state index in [9.17, 15) is 4.79 Å². The third-order valence-corrected chi connectivity index (χ3v) is 1.75. The van der Waals surface area contributed by atoms with Gasteiger partial charge in [0.25, 0.3) is 0 Å². The highest BCUT2D eigenvalue weighted by atomic mass is 16.5. The van der Waals surface area contributed by atoms with E-state index < -0.39 is 0 Å². The predicted molar refractivity (Wildman–Crippen MR) is 53.7 cm³/mol. The fourth-order valence-corrected chi connectivity index (χ4v) is 1.05. The number of amides is 1. The number of unbranched alkanes of at least 4 members (excludes halogenated alkanes) is 1. The lowest BCUT2D eigenvalue weighted by molar-refractivity contribution is 0.152. The molecule has 0 aromatic heterocycles. The standard InChI is InChI=1S/C10H21NO2/c1-4-13-10(12)11-8-6-5-7-9(2)3/h9H,4-8H2,1-3H3,(H,11,12). The van der Waals surface area contributed by atoms with E-state index in [-0.39, 0.29) is 6.09 Å². The Kier molecular flexibility index (Phi) is 7.45. The van der Waals surface area contributed by atoms with Crippen LogP contribution in [-0.2, 0) is 4.74 Å². The van der Waals surface area contributed by atoms with Gasteiger partial charge in [0.2, 0.25) is 0 Å². The molecule has 0 saturated carbocycles. The molecule has 13 heavy (non-hydrogen) atoms. The summed E-state index contributed by atoms with van der Waals surface area (Å²) in [5.74, 6) is 0.752. The van der Waals surface area contributed by atoms with E-state index >= 15 is 0 Å². The van der Waals surface area contributed by atoms with Crippen LogP contribution >= 0.6 is 0 Å². The van der Waals surface area contributed by atoms with Crippen molar-refractivity contribution < 1.29 is 9.53 Å². The summed E-state index contributed by atoms with van der Waals surface area (Å²) in [6.45, 7) is 7.39. The fourth-order valence-electron chi connectivity index (χ4n) is 1.05. The highest BCUT2D eigenvalue weighted by Crippen LogP contribution is 2.04. The lowest BCUT2D eigenvalue weighted by Crippen LogP contribution is -2.25. The molecule has 0 aromatic rings. The molecule has 0 atom stereocenters. The molecule has 0 aliphatic heterocycles. The summed E-state index contributed by atoms with van der Waals surface area (Å²) in [6.07, 6.45) is 3.14. The Labute approximate surface area is 80.8 Å². The molecule has 0 bridgehead atoms. The monoisotopic (exact) mass is 187 g/mol. The lowest BCUT2D eigenvalue weighted by Gasteiger charge is -2.06. The summed E-state index contributed by atoms with van der Waals surface area (Å²) in [6, 6.07) is 0. The van der Waals surface area contributed by atoms with Crippen molar-refractivity contribution in [3.63, 3.8) is 0 Å². The van der Waals surface area contributed by atoms with Gasteiger partial charge < -0.3 is 10.1 Å². The molecule has 0 spiro atoms. The van der Waals surface area contributed by atoms with Crippen LogP contribution < -0.4 is 5.32 Å². The van der Waals surface area contributed by atoms with Crippen LogP contribution in [0.1, 0.15) is 40.0 Å². The zero-order valence-electron chi connectivity index (χ0n) is 8.93. The van der Waals surface area contributed by atoms with E-state index in [1.165, 1.54) is 12.8 Å². The van der Waals surface area contributed by atoms with Crippen molar-refractivity contribution >= 4 is 6.09 Å². The van der Waals surface area contributed by atoms with Gasteiger partial charge >= 0.3 is 6.09 Å². The molecule has 0 radical (unpaired) electrons. The Morgan fingerprint density at radius 1 is 1.38 bits per heavy atom. The minimum absolute atomic E-state index is 0.299. The van der Waals surface area contributed by atoms with Gasteiger partial charge in [-0.2, -0.15) is 0 Å². The average molecular weight is 187 g/mol. The first-order chi connectivity index (χ1) is 6.16. The van der Waals surface area contributed by atoms with Gasteiger partial charge in [0, 0.05) is 6.54 Å². The average Bonchev–Trinajstić information content (AvgIpc) is 2.03. The third kappa shape index (κ3) is 9.18. The SMILES string of the molecule is CCOC(=O)NCCCCC(C)C. The van der Waals surface area contributed by atoms with Gasteiger partial charge in [-0.1, -0.05) is 26.7 Å². The molecule has 0 fully saturated rings. The number of alkyl carbamates (subject to hydrolysis) is 1. The van der Waals surface area contributed by atoms with Crippen molar-refractivity contribution in [3.05, 3.63) is 0 Å². The molecule has 0 unspecified atom stereocenters. The molecule has 1 N–H and O–H groups in total. The van der Waals surface area contributed by atoms with E-state index in [0.717, 1.165) is 18.9 Å². The first kappa shape index (κ1) is 12.3. The maximum atomic E-state index is 10.8. The Morgan fingerprint density at radius 3 is 2.62 bits per heavy atom. The van der Waals surface area contributed by atoms with Crippen molar-refractivity contribution in [3.8, 4) is 0 Å². The van der Waals surface area contributed by atoms with Crippen molar-refractivity contribution in [1.29, 1.82) is 0 Å². The zero-order chi connectivity index (χ0) is 10.1. The Hall–Kier alpha value is -0.730. The number of hydrogen-bond acceptors (Lipinski definition) is 2. The Morgan fingerprint density at radius 2 is 2.08 bits per heavy atom. The molecule has 0 aliphatic carbocycles. The van der Waals surface area contributed by atoms with E-state index in [0.29, 0.717) is 6.61 Å². The molecule has 3 nitrogen and oxygen atoms in total. The van der Waals surface area contributed by atoms with Gasteiger partial charge in [0.05, 0.1) is 6.61 Å². The maximum absolute atomic E-state index is 10.8. The van der Waals surface area contributed by atoms with Crippen molar-refractivity contribution in [1.82, 2.24) is 5.32 Å².